The zero-order valence-corrected chi connectivity index (χ0v) is 10.4. The molecule has 5 heteroatoms. The average Bonchev–Trinajstić information content (AvgIpc) is 2.26. The van der Waals surface area contributed by atoms with E-state index in [2.05, 4.69) is 15.9 Å². The van der Waals surface area contributed by atoms with Crippen molar-refractivity contribution in [1.29, 1.82) is 0 Å². The number of hydrogen-bond donors (Lipinski definition) is 0. The molecular formula is C10H16BrF2NO. The summed E-state index contributed by atoms with van der Waals surface area (Å²) in [5.41, 5.74) is 0. The van der Waals surface area contributed by atoms with Gasteiger partial charge in [0.2, 0.25) is 5.91 Å². The van der Waals surface area contributed by atoms with E-state index < -0.39 is 18.3 Å². The van der Waals surface area contributed by atoms with E-state index in [9.17, 15) is 13.6 Å². The zero-order valence-electron chi connectivity index (χ0n) is 8.81. The van der Waals surface area contributed by atoms with Crippen LogP contribution in [0.2, 0.25) is 0 Å². The third kappa shape index (κ3) is 4.91. The van der Waals surface area contributed by atoms with Gasteiger partial charge < -0.3 is 4.90 Å². The largest absolute Gasteiger partial charge is 0.342 e. The lowest BCUT2D eigenvalue weighted by Gasteiger charge is -2.22. The van der Waals surface area contributed by atoms with Crippen molar-refractivity contribution in [2.24, 2.45) is 0 Å². The average molecular weight is 284 g/mol. The lowest BCUT2D eigenvalue weighted by Crippen LogP contribution is -2.35. The predicted octanol–water partition coefficient (Wildman–Crippen LogP) is 2.81. The van der Waals surface area contributed by atoms with Crippen LogP contribution in [0.25, 0.3) is 0 Å². The van der Waals surface area contributed by atoms with E-state index >= 15 is 0 Å². The maximum Gasteiger partial charge on any atom is 0.254 e. The van der Waals surface area contributed by atoms with Gasteiger partial charge in [-0.05, 0) is 26.2 Å². The molecule has 88 valence electrons. The minimum atomic E-state index is -2.89. The minimum Gasteiger partial charge on any atom is -0.342 e. The fourth-order valence-corrected chi connectivity index (χ4v) is 2.21. The van der Waals surface area contributed by atoms with Crippen molar-refractivity contribution in [2.45, 2.75) is 43.4 Å². The first-order chi connectivity index (χ1) is 6.88. The Morgan fingerprint density at radius 2 is 2.13 bits per heavy atom. The smallest absolute Gasteiger partial charge is 0.254 e. The maximum absolute atomic E-state index is 12.6. The number of carbonyl (C=O) groups is 1. The van der Waals surface area contributed by atoms with E-state index in [0.717, 1.165) is 26.2 Å². The number of alkyl halides is 3. The van der Waals surface area contributed by atoms with E-state index in [1.165, 1.54) is 0 Å². The first-order valence-corrected chi connectivity index (χ1v) is 6.10. The highest BCUT2D eigenvalue weighted by Gasteiger charge is 2.29. The van der Waals surface area contributed by atoms with Crippen LogP contribution >= 0.6 is 15.9 Å². The molecule has 1 heterocycles. The van der Waals surface area contributed by atoms with Crippen molar-refractivity contribution in [1.82, 2.24) is 4.90 Å². The quantitative estimate of drug-likeness (QED) is 0.714. The standard InChI is InChI=1S/C10H16BrF2NO/c1-10(12,13)7-9(15)14-5-2-3-8(11)4-6-14/h8H,2-7H2,1H3. The van der Waals surface area contributed by atoms with Crippen molar-refractivity contribution in [3.05, 3.63) is 0 Å². The molecule has 1 rings (SSSR count). The molecule has 0 saturated carbocycles. The normalized spacial score (nSPS) is 23.7. The zero-order chi connectivity index (χ0) is 11.5. The van der Waals surface area contributed by atoms with Crippen LogP contribution in [-0.4, -0.2) is 34.6 Å². The molecule has 1 unspecified atom stereocenters. The molecule has 1 saturated heterocycles. The fraction of sp³-hybridized carbons (Fsp3) is 0.900. The molecule has 0 aliphatic carbocycles. The molecule has 0 N–H and O–H groups in total. The lowest BCUT2D eigenvalue weighted by molar-refractivity contribution is -0.137. The Morgan fingerprint density at radius 3 is 2.73 bits per heavy atom. The van der Waals surface area contributed by atoms with Crippen LogP contribution in [0.3, 0.4) is 0 Å². The van der Waals surface area contributed by atoms with Gasteiger partial charge in [0, 0.05) is 17.9 Å². The van der Waals surface area contributed by atoms with Gasteiger partial charge in [-0.15, -0.1) is 0 Å². The van der Waals surface area contributed by atoms with Crippen molar-refractivity contribution in [3.8, 4) is 0 Å². The summed E-state index contributed by atoms with van der Waals surface area (Å²) in [5.74, 6) is -3.32. The maximum atomic E-state index is 12.6. The van der Waals surface area contributed by atoms with Crippen LogP contribution in [0.5, 0.6) is 0 Å². The molecule has 1 amide bonds. The fourth-order valence-electron chi connectivity index (χ4n) is 1.68. The number of carbonyl (C=O) groups excluding carboxylic acids is 1. The second kappa shape index (κ2) is 5.23. The molecule has 1 fully saturated rings. The summed E-state index contributed by atoms with van der Waals surface area (Å²) in [6.07, 6.45) is 2.07. The molecule has 2 nitrogen and oxygen atoms in total. The van der Waals surface area contributed by atoms with Crippen molar-refractivity contribution in [2.75, 3.05) is 13.1 Å². The van der Waals surface area contributed by atoms with Crippen LogP contribution in [-0.2, 0) is 4.79 Å². The summed E-state index contributed by atoms with van der Waals surface area (Å²) in [5, 5.41) is 0. The van der Waals surface area contributed by atoms with Crippen molar-refractivity contribution in [3.63, 3.8) is 0 Å². The second-order valence-electron chi connectivity index (χ2n) is 4.16. The predicted molar refractivity (Wildman–Crippen MR) is 58.4 cm³/mol. The topological polar surface area (TPSA) is 20.3 Å². The van der Waals surface area contributed by atoms with E-state index in [1.54, 1.807) is 4.90 Å². The van der Waals surface area contributed by atoms with Gasteiger partial charge in [-0.3, -0.25) is 4.79 Å². The molecular weight excluding hydrogens is 268 g/mol. The molecule has 0 aromatic carbocycles. The van der Waals surface area contributed by atoms with E-state index in [1.807, 2.05) is 0 Å². The van der Waals surface area contributed by atoms with Gasteiger partial charge in [0.25, 0.3) is 5.92 Å². The van der Waals surface area contributed by atoms with Crippen LogP contribution in [0.15, 0.2) is 0 Å². The Labute approximate surface area is 97.1 Å². The molecule has 0 aromatic rings. The highest BCUT2D eigenvalue weighted by molar-refractivity contribution is 9.09. The summed E-state index contributed by atoms with van der Waals surface area (Å²) < 4.78 is 25.3. The molecule has 0 radical (unpaired) electrons. The SMILES string of the molecule is CC(F)(F)CC(=O)N1CCCC(Br)CC1. The van der Waals surface area contributed by atoms with Crippen LogP contribution in [0.1, 0.15) is 32.6 Å². The third-order valence-corrected chi connectivity index (χ3v) is 3.39. The highest BCUT2D eigenvalue weighted by Crippen LogP contribution is 2.22. The number of halogens is 3. The van der Waals surface area contributed by atoms with Gasteiger partial charge in [-0.1, -0.05) is 15.9 Å². The van der Waals surface area contributed by atoms with Crippen LogP contribution < -0.4 is 0 Å². The third-order valence-electron chi connectivity index (χ3n) is 2.47. The molecule has 0 spiro atoms. The van der Waals surface area contributed by atoms with Crippen molar-refractivity contribution >= 4 is 21.8 Å². The van der Waals surface area contributed by atoms with E-state index in [-0.39, 0.29) is 0 Å². The summed E-state index contributed by atoms with van der Waals surface area (Å²) in [6, 6.07) is 0. The Bertz CT molecular complexity index is 230. The Balaban J connectivity index is 2.45. The summed E-state index contributed by atoms with van der Waals surface area (Å²) in [4.78, 5) is 13.5. The first kappa shape index (κ1) is 12.9. The van der Waals surface area contributed by atoms with Gasteiger partial charge in [-0.2, -0.15) is 0 Å². The van der Waals surface area contributed by atoms with Gasteiger partial charge in [0.15, 0.2) is 0 Å². The molecule has 15 heavy (non-hydrogen) atoms. The second-order valence-corrected chi connectivity index (χ2v) is 5.45. The Kier molecular flexibility index (Phi) is 4.49. The number of amides is 1. The van der Waals surface area contributed by atoms with Gasteiger partial charge in [0.1, 0.15) is 0 Å². The molecule has 0 bridgehead atoms. The highest BCUT2D eigenvalue weighted by atomic mass is 79.9. The molecule has 0 aromatic heterocycles. The monoisotopic (exact) mass is 283 g/mol. The number of likely N-dealkylation sites (tertiary alicyclic amines) is 1. The summed E-state index contributed by atoms with van der Waals surface area (Å²) >= 11 is 3.49. The number of hydrogen-bond acceptors (Lipinski definition) is 1. The number of nitrogens with zero attached hydrogens (tertiary/aromatic N) is 1. The minimum absolute atomic E-state index is 0.414. The molecule has 1 aliphatic heterocycles. The van der Waals surface area contributed by atoms with Crippen LogP contribution in [0, 0.1) is 0 Å². The van der Waals surface area contributed by atoms with Gasteiger partial charge >= 0.3 is 0 Å². The van der Waals surface area contributed by atoms with E-state index in [4.69, 9.17) is 0 Å². The van der Waals surface area contributed by atoms with Gasteiger partial charge in [0.05, 0.1) is 6.42 Å². The van der Waals surface area contributed by atoms with Crippen molar-refractivity contribution < 1.29 is 13.6 Å². The Hall–Kier alpha value is -0.190. The summed E-state index contributed by atoms with van der Waals surface area (Å²) in [6.45, 7) is 1.98. The Morgan fingerprint density at radius 1 is 1.47 bits per heavy atom. The van der Waals surface area contributed by atoms with Gasteiger partial charge in [-0.25, -0.2) is 8.78 Å². The molecule has 1 aliphatic rings. The lowest BCUT2D eigenvalue weighted by atomic mass is 10.2. The van der Waals surface area contributed by atoms with E-state index in [0.29, 0.717) is 17.9 Å². The summed E-state index contributed by atoms with van der Waals surface area (Å²) in [7, 11) is 0. The number of rotatable bonds is 2. The molecule has 1 atom stereocenters. The first-order valence-electron chi connectivity index (χ1n) is 5.18. The van der Waals surface area contributed by atoms with Crippen LogP contribution in [0.4, 0.5) is 8.78 Å².